The van der Waals surface area contributed by atoms with Crippen LogP contribution in [-0.2, 0) is 0 Å². The molecule has 0 fully saturated rings. The Labute approximate surface area is 278 Å². The summed E-state index contributed by atoms with van der Waals surface area (Å²) in [6.07, 6.45) is 11.2. The molecule has 0 bridgehead atoms. The second kappa shape index (κ2) is 11.7. The van der Waals surface area contributed by atoms with E-state index in [1.807, 2.05) is 49.1 Å². The molecule has 4 heteroatoms. The molecule has 0 saturated heterocycles. The summed E-state index contributed by atoms with van der Waals surface area (Å²) in [6.45, 7) is 0. The zero-order valence-corrected chi connectivity index (χ0v) is 26.0. The van der Waals surface area contributed by atoms with E-state index in [1.165, 1.54) is 43.4 Å². The maximum Gasteiger partial charge on any atom is 0.0717 e. The smallest absolute Gasteiger partial charge is 0.0717 e. The maximum absolute atomic E-state index is 4.78. The second-order valence-electron chi connectivity index (χ2n) is 12.0. The van der Waals surface area contributed by atoms with Gasteiger partial charge in [-0.1, -0.05) is 78.9 Å². The Morgan fingerprint density at radius 3 is 1.12 bits per heavy atom. The number of benzene rings is 5. The van der Waals surface area contributed by atoms with E-state index in [2.05, 4.69) is 119 Å². The highest BCUT2D eigenvalue weighted by atomic mass is 14.7. The van der Waals surface area contributed by atoms with Crippen molar-refractivity contribution < 1.29 is 0 Å². The van der Waals surface area contributed by atoms with Crippen LogP contribution in [0.15, 0.2) is 171 Å². The number of aromatic nitrogens is 4. The first-order chi connectivity index (χ1) is 23.8. The predicted molar refractivity (Wildman–Crippen MR) is 197 cm³/mol. The first-order valence-electron chi connectivity index (χ1n) is 16.0. The Hall–Kier alpha value is -6.52. The number of hydrogen-bond donors (Lipinski definition) is 0. The highest BCUT2D eigenvalue weighted by Crippen LogP contribution is 2.40. The van der Waals surface area contributed by atoms with Crippen LogP contribution in [-0.4, -0.2) is 19.9 Å². The molecule has 5 aromatic carbocycles. The fourth-order valence-corrected chi connectivity index (χ4v) is 6.67. The predicted octanol–water partition coefficient (Wildman–Crippen LogP) is 11.1. The molecule has 48 heavy (non-hydrogen) atoms. The summed E-state index contributed by atoms with van der Waals surface area (Å²) in [7, 11) is 0. The van der Waals surface area contributed by atoms with Crippen molar-refractivity contribution in [1.82, 2.24) is 19.9 Å². The molecule has 4 aromatic heterocycles. The van der Waals surface area contributed by atoms with E-state index in [4.69, 9.17) is 9.97 Å². The average Bonchev–Trinajstić information content (AvgIpc) is 3.18. The van der Waals surface area contributed by atoms with Crippen LogP contribution >= 0.6 is 0 Å². The van der Waals surface area contributed by atoms with Gasteiger partial charge in [0.2, 0.25) is 0 Å². The van der Waals surface area contributed by atoms with Gasteiger partial charge in [0.05, 0.1) is 11.4 Å². The lowest BCUT2D eigenvalue weighted by Crippen LogP contribution is -1.89. The van der Waals surface area contributed by atoms with E-state index in [1.54, 1.807) is 12.4 Å². The summed E-state index contributed by atoms with van der Waals surface area (Å²) in [5, 5.41) is 7.35. The number of nitrogens with zero attached hydrogens (tertiary/aromatic N) is 4. The molecule has 0 radical (unpaired) electrons. The van der Waals surface area contributed by atoms with E-state index in [9.17, 15) is 0 Å². The molecule has 4 heterocycles. The van der Waals surface area contributed by atoms with Crippen LogP contribution in [0.4, 0.5) is 0 Å². The quantitative estimate of drug-likeness (QED) is 0.181. The van der Waals surface area contributed by atoms with Crippen molar-refractivity contribution in [2.24, 2.45) is 0 Å². The molecule has 4 nitrogen and oxygen atoms in total. The summed E-state index contributed by atoms with van der Waals surface area (Å²) in [5.41, 5.74) is 10.7. The van der Waals surface area contributed by atoms with E-state index in [-0.39, 0.29) is 0 Å². The van der Waals surface area contributed by atoms with Gasteiger partial charge < -0.3 is 0 Å². The SMILES string of the molecule is c1ccc(-c2ccc3c4cc(-c5ccc(-c6cccnc6)nc5)ccc4c4ccc(-c5ccc(-c6cccnc6)nc5)cc4c3c2)cc1. The fourth-order valence-electron chi connectivity index (χ4n) is 6.67. The fraction of sp³-hybridized carbons (Fsp3) is 0. The van der Waals surface area contributed by atoms with Gasteiger partial charge in [0.25, 0.3) is 0 Å². The summed E-state index contributed by atoms with van der Waals surface area (Å²) in [4.78, 5) is 18.1. The second-order valence-corrected chi connectivity index (χ2v) is 12.0. The first kappa shape index (κ1) is 27.8. The van der Waals surface area contributed by atoms with Gasteiger partial charge in [-0.2, -0.15) is 0 Å². The summed E-state index contributed by atoms with van der Waals surface area (Å²) >= 11 is 0. The maximum atomic E-state index is 4.78. The molecule has 0 spiro atoms. The average molecular weight is 613 g/mol. The van der Waals surface area contributed by atoms with Gasteiger partial charge in [-0.05, 0) is 109 Å². The van der Waals surface area contributed by atoms with Crippen molar-refractivity contribution in [1.29, 1.82) is 0 Å². The number of pyridine rings is 4. The summed E-state index contributed by atoms with van der Waals surface area (Å²) in [6, 6.07) is 47.4. The van der Waals surface area contributed by atoms with Gasteiger partial charge in [0.15, 0.2) is 0 Å². The molecule has 9 rings (SSSR count). The minimum Gasteiger partial charge on any atom is -0.264 e. The Morgan fingerprint density at radius 1 is 0.271 bits per heavy atom. The van der Waals surface area contributed by atoms with Crippen LogP contribution in [0.25, 0.3) is 88.2 Å². The highest BCUT2D eigenvalue weighted by molar-refractivity contribution is 6.26. The third kappa shape index (κ3) is 4.97. The molecule has 0 unspecified atom stereocenters. The van der Waals surface area contributed by atoms with E-state index in [0.717, 1.165) is 44.8 Å². The van der Waals surface area contributed by atoms with Crippen molar-refractivity contribution in [3.8, 4) is 55.9 Å². The molecule has 0 aliphatic rings. The van der Waals surface area contributed by atoms with Gasteiger partial charge in [-0.15, -0.1) is 0 Å². The van der Waals surface area contributed by atoms with Gasteiger partial charge in [0, 0.05) is 59.4 Å². The van der Waals surface area contributed by atoms with Crippen LogP contribution in [0.1, 0.15) is 0 Å². The van der Waals surface area contributed by atoms with Crippen molar-refractivity contribution in [3.05, 3.63) is 171 Å². The van der Waals surface area contributed by atoms with E-state index in [0.29, 0.717) is 0 Å². The number of rotatable bonds is 5. The largest absolute Gasteiger partial charge is 0.264 e. The monoisotopic (exact) mass is 612 g/mol. The van der Waals surface area contributed by atoms with Crippen molar-refractivity contribution in [3.63, 3.8) is 0 Å². The highest BCUT2D eigenvalue weighted by Gasteiger charge is 2.13. The topological polar surface area (TPSA) is 51.6 Å². The molecule has 0 aliphatic carbocycles. The molecule has 0 N–H and O–H groups in total. The molecule has 0 aliphatic heterocycles. The van der Waals surface area contributed by atoms with Gasteiger partial charge in [-0.3, -0.25) is 19.9 Å². The van der Waals surface area contributed by atoms with Crippen molar-refractivity contribution in [2.75, 3.05) is 0 Å². The molecule has 0 saturated carbocycles. The third-order valence-corrected chi connectivity index (χ3v) is 9.14. The van der Waals surface area contributed by atoms with Gasteiger partial charge >= 0.3 is 0 Å². The molecule has 9 aromatic rings. The van der Waals surface area contributed by atoms with E-state index < -0.39 is 0 Å². The summed E-state index contributed by atoms with van der Waals surface area (Å²) < 4.78 is 0. The molecule has 0 amide bonds. The minimum atomic E-state index is 0.911. The van der Waals surface area contributed by atoms with Crippen molar-refractivity contribution in [2.45, 2.75) is 0 Å². The molecule has 0 atom stereocenters. The summed E-state index contributed by atoms with van der Waals surface area (Å²) in [5.74, 6) is 0. The van der Waals surface area contributed by atoms with Crippen molar-refractivity contribution >= 4 is 32.3 Å². The molecule has 224 valence electrons. The Kier molecular flexibility index (Phi) is 6.76. The molecular formula is C44H28N4. The Bertz CT molecular complexity index is 2570. The van der Waals surface area contributed by atoms with Crippen LogP contribution in [0.2, 0.25) is 0 Å². The number of hydrogen-bond acceptors (Lipinski definition) is 4. The molecular weight excluding hydrogens is 585 g/mol. The lowest BCUT2D eigenvalue weighted by Gasteiger charge is -2.15. The normalized spacial score (nSPS) is 11.3. The van der Waals surface area contributed by atoms with Crippen LogP contribution in [0.5, 0.6) is 0 Å². The number of fused-ring (bicyclic) bond motifs is 6. The standard InChI is InChI=1S/C44H28N4/c1-2-6-29(7-3-1)30-10-17-39-40-23-31(33-13-18-43(47-27-33)35-8-4-20-45-25-35)11-15-37(40)38-16-12-32(24-41(38)42(39)22-30)34-14-19-44(48-28-34)36-9-5-21-46-26-36/h1-28H. The lowest BCUT2D eigenvalue weighted by molar-refractivity contribution is 1.28. The van der Waals surface area contributed by atoms with Gasteiger partial charge in [0.1, 0.15) is 0 Å². The zero-order valence-electron chi connectivity index (χ0n) is 26.0. The first-order valence-corrected chi connectivity index (χ1v) is 16.0. The van der Waals surface area contributed by atoms with E-state index >= 15 is 0 Å². The zero-order chi connectivity index (χ0) is 31.9. The Balaban J connectivity index is 1.20. The van der Waals surface area contributed by atoms with Crippen LogP contribution in [0.3, 0.4) is 0 Å². The Morgan fingerprint density at radius 2 is 0.688 bits per heavy atom. The van der Waals surface area contributed by atoms with Crippen LogP contribution < -0.4 is 0 Å². The lowest BCUT2D eigenvalue weighted by atomic mass is 9.89. The van der Waals surface area contributed by atoms with Crippen LogP contribution in [0, 0.1) is 0 Å². The van der Waals surface area contributed by atoms with Gasteiger partial charge in [-0.25, -0.2) is 0 Å². The third-order valence-electron chi connectivity index (χ3n) is 9.14. The minimum absolute atomic E-state index is 0.911.